The van der Waals surface area contributed by atoms with E-state index < -0.39 is 0 Å². The average Bonchev–Trinajstić information content (AvgIpc) is 3.10. The number of halogens is 1. The maximum atomic E-state index is 9.83. The number of hydrogen-bond donors (Lipinski definition) is 0. The quantitative estimate of drug-likeness (QED) is 0.528. The van der Waals surface area contributed by atoms with E-state index in [2.05, 4.69) is 73.4 Å². The van der Waals surface area contributed by atoms with Crippen molar-refractivity contribution in [3.63, 3.8) is 0 Å². The predicted molar refractivity (Wildman–Crippen MR) is 114 cm³/mol. The van der Waals surface area contributed by atoms with Crippen molar-refractivity contribution >= 4 is 27.6 Å². The molecule has 0 radical (unpaired) electrons. The van der Waals surface area contributed by atoms with Crippen LogP contribution in [0.4, 0.5) is 0 Å². The van der Waals surface area contributed by atoms with Crippen molar-refractivity contribution in [2.75, 3.05) is 0 Å². The number of aryl methyl sites for hydroxylation is 2. The fourth-order valence-electron chi connectivity index (χ4n) is 3.91. The maximum absolute atomic E-state index is 9.83. The number of rotatable bonds is 3. The highest BCUT2D eigenvalue weighted by molar-refractivity contribution is 9.10. The zero-order valence-electron chi connectivity index (χ0n) is 16.1. The number of allylic oxidation sites excluding steroid dienone is 1. The van der Waals surface area contributed by atoms with E-state index in [0.717, 1.165) is 58.7 Å². The normalized spacial score (nSPS) is 14.4. The van der Waals surface area contributed by atoms with Gasteiger partial charge in [-0.05, 0) is 68.7 Å². The summed E-state index contributed by atoms with van der Waals surface area (Å²) in [5.74, 6) is 1.68. The second-order valence-electron chi connectivity index (χ2n) is 7.21. The molecule has 0 N–H and O–H groups in total. The Hall–Kier alpha value is -2.65. The zero-order valence-corrected chi connectivity index (χ0v) is 17.7. The van der Waals surface area contributed by atoms with E-state index in [1.165, 1.54) is 6.42 Å². The van der Waals surface area contributed by atoms with Gasteiger partial charge in [-0.25, -0.2) is 0 Å². The highest BCUT2D eigenvalue weighted by Gasteiger charge is 2.18. The molecule has 28 heavy (non-hydrogen) atoms. The van der Waals surface area contributed by atoms with E-state index >= 15 is 0 Å². The summed E-state index contributed by atoms with van der Waals surface area (Å²) in [6.45, 7) is 5.05. The van der Waals surface area contributed by atoms with Gasteiger partial charge in [-0.3, -0.25) is 0 Å². The van der Waals surface area contributed by atoms with E-state index in [0.29, 0.717) is 11.4 Å². The molecule has 3 heterocycles. The van der Waals surface area contributed by atoms with Crippen LogP contribution in [-0.2, 0) is 13.0 Å². The molecule has 3 aromatic rings. The summed E-state index contributed by atoms with van der Waals surface area (Å²) in [4.78, 5) is 0. The zero-order chi connectivity index (χ0) is 19.7. The molecule has 0 unspecified atom stereocenters. The predicted octanol–water partition coefficient (Wildman–Crippen LogP) is 5.24. The Labute approximate surface area is 173 Å². The molecule has 0 spiro atoms. The number of aromatic nitrogens is 4. The third kappa shape index (κ3) is 3.43. The van der Waals surface area contributed by atoms with Gasteiger partial charge in [0.1, 0.15) is 11.9 Å². The smallest absolute Gasteiger partial charge is 0.174 e. The summed E-state index contributed by atoms with van der Waals surface area (Å²) in [7, 11) is 0. The van der Waals surface area contributed by atoms with Crippen LogP contribution in [0, 0.1) is 25.2 Å². The molecule has 4 rings (SSSR count). The van der Waals surface area contributed by atoms with Gasteiger partial charge in [0.2, 0.25) is 0 Å². The van der Waals surface area contributed by atoms with Crippen LogP contribution in [0.5, 0.6) is 0 Å². The molecule has 0 amide bonds. The van der Waals surface area contributed by atoms with Crippen LogP contribution in [0.1, 0.15) is 47.9 Å². The molecule has 2 aromatic heterocycles. The van der Waals surface area contributed by atoms with Crippen molar-refractivity contribution in [2.24, 2.45) is 0 Å². The van der Waals surface area contributed by atoms with Crippen LogP contribution in [-0.4, -0.2) is 19.3 Å². The SMILES string of the molecule is Cc1cc(/C=C(\C#N)c2nnc3n2CCCCC3)c(C)n1-c1ccc(Br)cc1. The summed E-state index contributed by atoms with van der Waals surface area (Å²) < 4.78 is 5.38. The summed E-state index contributed by atoms with van der Waals surface area (Å²) in [5.41, 5.74) is 4.93. The molecule has 0 aliphatic carbocycles. The lowest BCUT2D eigenvalue weighted by molar-refractivity contribution is 0.627. The number of benzene rings is 1. The summed E-state index contributed by atoms with van der Waals surface area (Å²) in [6, 6.07) is 12.7. The van der Waals surface area contributed by atoms with Crippen molar-refractivity contribution in [1.29, 1.82) is 5.26 Å². The van der Waals surface area contributed by atoms with Crippen LogP contribution in [0.2, 0.25) is 0 Å². The third-order valence-corrected chi connectivity index (χ3v) is 5.85. The number of nitriles is 1. The molecular formula is C22H22BrN5. The van der Waals surface area contributed by atoms with Gasteiger partial charge in [0.15, 0.2) is 5.82 Å². The molecular weight excluding hydrogens is 414 g/mol. The number of hydrogen-bond acceptors (Lipinski definition) is 3. The number of nitrogens with zero attached hydrogens (tertiary/aromatic N) is 5. The molecule has 0 fully saturated rings. The number of fused-ring (bicyclic) bond motifs is 1. The Morgan fingerprint density at radius 2 is 1.93 bits per heavy atom. The van der Waals surface area contributed by atoms with Crippen molar-refractivity contribution in [3.8, 4) is 11.8 Å². The first-order valence-corrected chi connectivity index (χ1v) is 10.4. The van der Waals surface area contributed by atoms with Crippen LogP contribution in [0.3, 0.4) is 0 Å². The van der Waals surface area contributed by atoms with Crippen molar-refractivity contribution in [2.45, 2.75) is 46.1 Å². The molecule has 1 aliphatic heterocycles. The molecule has 1 aromatic carbocycles. The Kier molecular flexibility index (Phi) is 5.19. The first-order chi connectivity index (χ1) is 13.6. The first-order valence-electron chi connectivity index (χ1n) is 9.57. The summed E-state index contributed by atoms with van der Waals surface area (Å²) in [6.07, 6.45) is 6.32. The van der Waals surface area contributed by atoms with E-state index in [4.69, 9.17) is 0 Å². The lowest BCUT2D eigenvalue weighted by Crippen LogP contribution is -2.05. The van der Waals surface area contributed by atoms with Gasteiger partial charge < -0.3 is 9.13 Å². The summed E-state index contributed by atoms with van der Waals surface area (Å²) in [5, 5.41) is 18.5. The summed E-state index contributed by atoms with van der Waals surface area (Å²) >= 11 is 3.49. The van der Waals surface area contributed by atoms with Gasteiger partial charge in [-0.1, -0.05) is 22.4 Å². The fourth-order valence-corrected chi connectivity index (χ4v) is 4.17. The Morgan fingerprint density at radius 1 is 1.14 bits per heavy atom. The topological polar surface area (TPSA) is 59.4 Å². The monoisotopic (exact) mass is 435 g/mol. The van der Waals surface area contributed by atoms with Gasteiger partial charge in [-0.15, -0.1) is 10.2 Å². The second kappa shape index (κ2) is 7.76. The lowest BCUT2D eigenvalue weighted by Gasteiger charge is -2.10. The third-order valence-electron chi connectivity index (χ3n) is 5.33. The van der Waals surface area contributed by atoms with Gasteiger partial charge >= 0.3 is 0 Å². The van der Waals surface area contributed by atoms with Gasteiger partial charge in [0, 0.05) is 34.5 Å². The highest BCUT2D eigenvalue weighted by atomic mass is 79.9. The minimum atomic E-state index is 0.566. The Bertz CT molecular complexity index is 1080. The second-order valence-corrected chi connectivity index (χ2v) is 8.13. The van der Waals surface area contributed by atoms with Gasteiger partial charge in [0.05, 0.1) is 5.57 Å². The van der Waals surface area contributed by atoms with Gasteiger partial charge in [-0.2, -0.15) is 5.26 Å². The van der Waals surface area contributed by atoms with E-state index in [9.17, 15) is 5.26 Å². The van der Waals surface area contributed by atoms with Crippen molar-refractivity contribution in [3.05, 3.63) is 63.4 Å². The molecule has 6 heteroatoms. The van der Waals surface area contributed by atoms with Gasteiger partial charge in [0.25, 0.3) is 0 Å². The molecule has 0 bridgehead atoms. The maximum Gasteiger partial charge on any atom is 0.174 e. The molecule has 0 saturated heterocycles. The Balaban J connectivity index is 1.76. The highest BCUT2D eigenvalue weighted by Crippen LogP contribution is 2.26. The van der Waals surface area contributed by atoms with E-state index in [-0.39, 0.29) is 0 Å². The average molecular weight is 436 g/mol. The van der Waals surface area contributed by atoms with Crippen molar-refractivity contribution < 1.29 is 0 Å². The minimum Gasteiger partial charge on any atom is -0.318 e. The van der Waals surface area contributed by atoms with Crippen LogP contribution < -0.4 is 0 Å². The van der Waals surface area contributed by atoms with Crippen LogP contribution in [0.25, 0.3) is 17.3 Å². The first kappa shape index (κ1) is 18.7. The molecule has 142 valence electrons. The fraction of sp³-hybridized carbons (Fsp3) is 0.318. The molecule has 1 aliphatic rings. The van der Waals surface area contributed by atoms with E-state index in [1.54, 1.807) is 0 Å². The molecule has 0 saturated carbocycles. The molecule has 0 atom stereocenters. The largest absolute Gasteiger partial charge is 0.318 e. The van der Waals surface area contributed by atoms with Crippen LogP contribution >= 0.6 is 15.9 Å². The van der Waals surface area contributed by atoms with E-state index in [1.807, 2.05) is 18.2 Å². The minimum absolute atomic E-state index is 0.566. The lowest BCUT2D eigenvalue weighted by atomic mass is 10.1. The van der Waals surface area contributed by atoms with Crippen molar-refractivity contribution in [1.82, 2.24) is 19.3 Å². The standard InChI is InChI=1S/C22H22BrN5/c1-15-12-17(16(2)28(15)20-9-7-19(23)8-10-20)13-18(14-24)22-26-25-21-6-4-3-5-11-27(21)22/h7-10,12-13H,3-6,11H2,1-2H3/b18-13+. The van der Waals surface area contributed by atoms with Crippen LogP contribution in [0.15, 0.2) is 34.8 Å². The Morgan fingerprint density at radius 3 is 2.68 bits per heavy atom. The molecule has 5 nitrogen and oxygen atoms in total.